The van der Waals surface area contributed by atoms with Crippen LogP contribution in [-0.4, -0.2) is 11.1 Å². The van der Waals surface area contributed by atoms with Gasteiger partial charge in [-0.05, 0) is 16.9 Å². The molecular weight excluding hydrogens is 240 g/mol. The fourth-order valence-corrected chi connectivity index (χ4v) is 2.68. The standard InChI is InChI=1S/C16H22O3/c1-15(2,3)10-8-11(17)13(16(4,5)6)9-7-12(18)19-14(9)10/h8,17H,7H2,1-6H3. The van der Waals surface area contributed by atoms with E-state index < -0.39 is 0 Å². The average molecular weight is 262 g/mol. The highest BCUT2D eigenvalue weighted by molar-refractivity contribution is 5.84. The first-order chi connectivity index (χ1) is 8.51. The third-order valence-electron chi connectivity index (χ3n) is 3.45. The van der Waals surface area contributed by atoms with E-state index in [0.717, 1.165) is 16.7 Å². The number of ether oxygens (including phenoxy) is 1. The second-order valence-corrected chi connectivity index (χ2v) is 7.28. The van der Waals surface area contributed by atoms with Crippen LogP contribution in [0.2, 0.25) is 0 Å². The van der Waals surface area contributed by atoms with E-state index in [1.165, 1.54) is 0 Å². The second-order valence-electron chi connectivity index (χ2n) is 7.28. The lowest BCUT2D eigenvalue weighted by molar-refractivity contribution is -0.131. The maximum atomic E-state index is 11.7. The van der Waals surface area contributed by atoms with E-state index in [-0.39, 0.29) is 29.0 Å². The Bertz CT molecular complexity index is 543. The van der Waals surface area contributed by atoms with Crippen LogP contribution in [0.15, 0.2) is 6.07 Å². The van der Waals surface area contributed by atoms with E-state index in [1.54, 1.807) is 6.07 Å². The molecule has 0 saturated heterocycles. The molecule has 0 radical (unpaired) electrons. The number of aromatic hydroxyl groups is 1. The molecular formula is C16H22O3. The molecule has 1 aromatic carbocycles. The summed E-state index contributed by atoms with van der Waals surface area (Å²) in [6.45, 7) is 12.2. The quantitative estimate of drug-likeness (QED) is 0.575. The van der Waals surface area contributed by atoms with Crippen molar-refractivity contribution in [1.82, 2.24) is 0 Å². The van der Waals surface area contributed by atoms with Gasteiger partial charge in [0, 0.05) is 16.7 Å². The lowest BCUT2D eigenvalue weighted by atomic mass is 9.77. The average Bonchev–Trinajstić information content (AvgIpc) is 2.53. The molecule has 0 saturated carbocycles. The number of phenolic OH excluding ortho intramolecular Hbond substituents is 1. The van der Waals surface area contributed by atoms with Crippen molar-refractivity contribution >= 4 is 5.97 Å². The van der Waals surface area contributed by atoms with Gasteiger partial charge in [-0.15, -0.1) is 0 Å². The molecule has 0 bridgehead atoms. The van der Waals surface area contributed by atoms with E-state index in [1.807, 2.05) is 41.5 Å². The van der Waals surface area contributed by atoms with E-state index in [2.05, 4.69) is 0 Å². The van der Waals surface area contributed by atoms with Crippen LogP contribution in [0.5, 0.6) is 11.5 Å². The Kier molecular flexibility index (Phi) is 2.92. The molecule has 1 heterocycles. The molecule has 0 fully saturated rings. The van der Waals surface area contributed by atoms with Crippen LogP contribution >= 0.6 is 0 Å². The number of benzene rings is 1. The summed E-state index contributed by atoms with van der Waals surface area (Å²) in [5, 5.41) is 10.4. The molecule has 1 N–H and O–H groups in total. The van der Waals surface area contributed by atoms with Gasteiger partial charge in [0.05, 0.1) is 6.42 Å². The number of hydrogen-bond donors (Lipinski definition) is 1. The molecule has 0 amide bonds. The zero-order valence-electron chi connectivity index (χ0n) is 12.5. The van der Waals surface area contributed by atoms with Crippen molar-refractivity contribution in [3.05, 3.63) is 22.8 Å². The molecule has 0 aromatic heterocycles. The minimum atomic E-state index is -0.239. The largest absolute Gasteiger partial charge is 0.508 e. The lowest BCUT2D eigenvalue weighted by Crippen LogP contribution is -2.17. The molecule has 0 aliphatic carbocycles. The van der Waals surface area contributed by atoms with Crippen molar-refractivity contribution in [3.8, 4) is 11.5 Å². The molecule has 19 heavy (non-hydrogen) atoms. The third kappa shape index (κ3) is 2.34. The summed E-state index contributed by atoms with van der Waals surface area (Å²) in [5.74, 6) is 0.673. The molecule has 1 aliphatic rings. The number of fused-ring (bicyclic) bond motifs is 1. The highest BCUT2D eigenvalue weighted by Gasteiger charge is 2.35. The first-order valence-corrected chi connectivity index (χ1v) is 6.62. The summed E-state index contributed by atoms with van der Waals surface area (Å²) < 4.78 is 5.41. The normalized spacial score (nSPS) is 15.4. The van der Waals surface area contributed by atoms with E-state index in [4.69, 9.17) is 4.74 Å². The summed E-state index contributed by atoms with van der Waals surface area (Å²) in [4.78, 5) is 11.7. The van der Waals surface area contributed by atoms with E-state index >= 15 is 0 Å². The molecule has 3 heteroatoms. The van der Waals surface area contributed by atoms with Crippen molar-refractivity contribution in [1.29, 1.82) is 0 Å². The highest BCUT2D eigenvalue weighted by Crippen LogP contribution is 2.46. The van der Waals surface area contributed by atoms with Crippen molar-refractivity contribution in [2.24, 2.45) is 0 Å². The van der Waals surface area contributed by atoms with Crippen LogP contribution in [0.4, 0.5) is 0 Å². The third-order valence-corrected chi connectivity index (χ3v) is 3.45. The van der Waals surface area contributed by atoms with Gasteiger partial charge in [0.1, 0.15) is 11.5 Å². The minimum Gasteiger partial charge on any atom is -0.508 e. The fourth-order valence-electron chi connectivity index (χ4n) is 2.68. The fraction of sp³-hybridized carbons (Fsp3) is 0.562. The maximum Gasteiger partial charge on any atom is 0.315 e. The zero-order valence-corrected chi connectivity index (χ0v) is 12.5. The van der Waals surface area contributed by atoms with Gasteiger partial charge in [0.25, 0.3) is 0 Å². The van der Waals surface area contributed by atoms with Gasteiger partial charge < -0.3 is 9.84 Å². The Balaban J connectivity index is 2.78. The predicted octanol–water partition coefficient (Wildman–Crippen LogP) is 3.45. The van der Waals surface area contributed by atoms with Crippen LogP contribution in [0.1, 0.15) is 58.2 Å². The molecule has 0 unspecified atom stereocenters. The van der Waals surface area contributed by atoms with Crippen LogP contribution in [0.25, 0.3) is 0 Å². The van der Waals surface area contributed by atoms with Crippen LogP contribution in [0, 0.1) is 0 Å². The monoisotopic (exact) mass is 262 g/mol. The van der Waals surface area contributed by atoms with Crippen LogP contribution < -0.4 is 4.74 Å². The van der Waals surface area contributed by atoms with Gasteiger partial charge in [0.2, 0.25) is 0 Å². The Morgan fingerprint density at radius 2 is 1.68 bits per heavy atom. The van der Waals surface area contributed by atoms with Gasteiger partial charge in [-0.3, -0.25) is 4.79 Å². The van der Waals surface area contributed by atoms with Crippen molar-refractivity contribution in [2.45, 2.75) is 58.8 Å². The summed E-state index contributed by atoms with van der Waals surface area (Å²) in [7, 11) is 0. The molecule has 1 aromatic rings. The Hall–Kier alpha value is -1.51. The van der Waals surface area contributed by atoms with E-state index in [9.17, 15) is 9.90 Å². The smallest absolute Gasteiger partial charge is 0.315 e. The number of carbonyl (C=O) groups is 1. The SMILES string of the molecule is CC(C)(C)c1cc(O)c(C(C)(C)C)c2c1OC(=O)C2. The van der Waals surface area contributed by atoms with Gasteiger partial charge in [-0.2, -0.15) is 0 Å². The number of phenols is 1. The topological polar surface area (TPSA) is 46.5 Å². The Morgan fingerprint density at radius 1 is 1.11 bits per heavy atom. The number of rotatable bonds is 0. The lowest BCUT2D eigenvalue weighted by Gasteiger charge is -2.27. The predicted molar refractivity (Wildman–Crippen MR) is 74.8 cm³/mol. The van der Waals surface area contributed by atoms with Crippen molar-refractivity contribution in [2.75, 3.05) is 0 Å². The summed E-state index contributed by atoms with van der Waals surface area (Å²) in [5.41, 5.74) is 2.16. The van der Waals surface area contributed by atoms with Crippen molar-refractivity contribution in [3.63, 3.8) is 0 Å². The van der Waals surface area contributed by atoms with Crippen LogP contribution in [0.3, 0.4) is 0 Å². The molecule has 0 spiro atoms. The van der Waals surface area contributed by atoms with Gasteiger partial charge >= 0.3 is 5.97 Å². The second kappa shape index (κ2) is 3.99. The van der Waals surface area contributed by atoms with Crippen LogP contribution in [-0.2, 0) is 22.0 Å². The Morgan fingerprint density at radius 3 is 2.16 bits per heavy atom. The molecule has 2 rings (SSSR count). The summed E-state index contributed by atoms with van der Waals surface area (Å²) >= 11 is 0. The van der Waals surface area contributed by atoms with Gasteiger partial charge in [-0.25, -0.2) is 0 Å². The number of hydrogen-bond acceptors (Lipinski definition) is 3. The highest BCUT2D eigenvalue weighted by atomic mass is 16.5. The molecule has 104 valence electrons. The summed E-state index contributed by atoms with van der Waals surface area (Å²) in [6.07, 6.45) is 0.249. The van der Waals surface area contributed by atoms with Gasteiger partial charge in [-0.1, -0.05) is 41.5 Å². The Labute approximate surface area is 114 Å². The van der Waals surface area contributed by atoms with E-state index in [0.29, 0.717) is 5.75 Å². The van der Waals surface area contributed by atoms with Crippen molar-refractivity contribution < 1.29 is 14.6 Å². The first kappa shape index (κ1) is 13.9. The zero-order chi connectivity index (χ0) is 14.6. The molecule has 1 aliphatic heterocycles. The minimum absolute atomic E-state index is 0.178. The first-order valence-electron chi connectivity index (χ1n) is 6.62. The maximum absolute atomic E-state index is 11.7. The summed E-state index contributed by atoms with van der Waals surface area (Å²) in [6, 6.07) is 1.75. The number of esters is 1. The number of carbonyl (C=O) groups excluding carboxylic acids is 1. The molecule has 3 nitrogen and oxygen atoms in total. The van der Waals surface area contributed by atoms with Gasteiger partial charge in [0.15, 0.2) is 0 Å². The molecule has 0 atom stereocenters.